The molecule has 1 heterocycles. The van der Waals surface area contributed by atoms with Gasteiger partial charge in [0.2, 0.25) is 0 Å². The minimum atomic E-state index is -0.468. The topological polar surface area (TPSA) is 67.9 Å². The molecule has 2 aromatic carbocycles. The van der Waals surface area contributed by atoms with Gasteiger partial charge in [-0.25, -0.2) is 4.79 Å². The molecule has 0 bridgehead atoms. The Balaban J connectivity index is 1.84. The Kier molecular flexibility index (Phi) is 6.62. The highest BCUT2D eigenvalue weighted by Crippen LogP contribution is 2.37. The fourth-order valence-corrected chi connectivity index (χ4v) is 3.57. The third-order valence-electron chi connectivity index (χ3n) is 4.08. The zero-order valence-corrected chi connectivity index (χ0v) is 18.5. The van der Waals surface area contributed by atoms with Crippen molar-refractivity contribution in [2.45, 2.75) is 6.54 Å². The number of urea groups is 1. The Hall–Kier alpha value is -2.76. The van der Waals surface area contributed by atoms with Crippen LogP contribution >= 0.6 is 31.9 Å². The van der Waals surface area contributed by atoms with Crippen molar-refractivity contribution >= 4 is 49.9 Å². The Bertz CT molecular complexity index is 1030. The molecular weight excluding hydrogens is 504 g/mol. The van der Waals surface area contributed by atoms with Crippen LogP contribution < -0.4 is 14.8 Å². The van der Waals surface area contributed by atoms with E-state index in [1.54, 1.807) is 18.2 Å². The number of hydrogen-bond donors (Lipinski definition) is 1. The Morgan fingerprint density at radius 3 is 2.59 bits per heavy atom. The number of imide groups is 1. The predicted molar refractivity (Wildman–Crippen MR) is 116 cm³/mol. The fraction of sp³-hybridized carbons (Fsp3) is 0.143. The third-order valence-corrected chi connectivity index (χ3v) is 5.20. The van der Waals surface area contributed by atoms with E-state index in [9.17, 15) is 9.59 Å². The van der Waals surface area contributed by atoms with Crippen molar-refractivity contribution in [3.63, 3.8) is 0 Å². The molecule has 29 heavy (non-hydrogen) atoms. The molecule has 0 aliphatic carbocycles. The van der Waals surface area contributed by atoms with Crippen molar-refractivity contribution < 1.29 is 19.1 Å². The van der Waals surface area contributed by atoms with Gasteiger partial charge in [0.05, 0.1) is 18.1 Å². The minimum absolute atomic E-state index is 0.0922. The maximum atomic E-state index is 12.7. The molecule has 1 N–H and O–H groups in total. The molecule has 0 spiro atoms. The van der Waals surface area contributed by atoms with Crippen LogP contribution in [0.25, 0.3) is 6.08 Å². The van der Waals surface area contributed by atoms with Crippen molar-refractivity contribution in [1.82, 2.24) is 10.2 Å². The number of nitrogens with zero attached hydrogens (tertiary/aromatic N) is 1. The van der Waals surface area contributed by atoms with Gasteiger partial charge in [-0.1, -0.05) is 34.0 Å². The van der Waals surface area contributed by atoms with Crippen molar-refractivity contribution in [2.75, 3.05) is 13.7 Å². The Labute approximate surface area is 185 Å². The number of nitrogens with one attached hydrogen (secondary N) is 1. The molecule has 0 atom stereocenters. The molecule has 3 amide bonds. The normalized spacial score (nSPS) is 14.7. The number of halogens is 2. The number of methoxy groups -OCH3 is 1. The standard InChI is InChI=1S/C21H16Br2N2O4/c1-3-8-29-19-16(23)9-14(11-18(19)28-2)10-17-20(26)25(21(27)24-17)12-13-4-6-15(22)7-5-13/h1,4-7,9-11H,8,12H2,2H3,(H,24,27)/b17-10-. The molecule has 1 saturated heterocycles. The molecule has 6 nitrogen and oxygen atoms in total. The monoisotopic (exact) mass is 518 g/mol. The van der Waals surface area contributed by atoms with Crippen LogP contribution in [0.4, 0.5) is 4.79 Å². The van der Waals surface area contributed by atoms with Gasteiger partial charge in [0, 0.05) is 4.47 Å². The van der Waals surface area contributed by atoms with E-state index in [1.807, 2.05) is 24.3 Å². The summed E-state index contributed by atoms with van der Waals surface area (Å²) in [7, 11) is 1.50. The van der Waals surface area contributed by atoms with Crippen LogP contribution in [0, 0.1) is 12.3 Å². The first-order valence-electron chi connectivity index (χ1n) is 8.45. The molecule has 148 valence electrons. The first kappa shape index (κ1) is 21.0. The number of ether oxygens (including phenoxy) is 2. The third kappa shape index (κ3) is 4.81. The summed E-state index contributed by atoms with van der Waals surface area (Å²) in [6.45, 7) is 0.274. The molecule has 0 saturated carbocycles. The van der Waals surface area contributed by atoms with E-state index in [2.05, 4.69) is 43.1 Å². The summed E-state index contributed by atoms with van der Waals surface area (Å²) >= 11 is 6.78. The number of carbonyl (C=O) groups is 2. The van der Waals surface area contributed by atoms with Crippen molar-refractivity contribution in [3.05, 3.63) is 62.2 Å². The van der Waals surface area contributed by atoms with E-state index in [0.717, 1.165) is 14.9 Å². The van der Waals surface area contributed by atoms with Gasteiger partial charge < -0.3 is 14.8 Å². The summed E-state index contributed by atoms with van der Waals surface area (Å²) < 4.78 is 12.4. The molecule has 1 aliphatic rings. The van der Waals surface area contributed by atoms with Crippen LogP contribution in [0.2, 0.25) is 0 Å². The van der Waals surface area contributed by atoms with E-state index in [1.165, 1.54) is 7.11 Å². The molecule has 0 unspecified atom stereocenters. The average Bonchev–Trinajstić information content (AvgIpc) is 2.95. The number of terminal acetylenes is 1. The lowest BCUT2D eigenvalue weighted by molar-refractivity contribution is -0.123. The van der Waals surface area contributed by atoms with E-state index < -0.39 is 11.9 Å². The highest BCUT2D eigenvalue weighted by Gasteiger charge is 2.33. The van der Waals surface area contributed by atoms with E-state index in [-0.39, 0.29) is 18.8 Å². The first-order chi connectivity index (χ1) is 13.9. The largest absolute Gasteiger partial charge is 0.493 e. The minimum Gasteiger partial charge on any atom is -0.493 e. The molecule has 3 rings (SSSR count). The highest BCUT2D eigenvalue weighted by atomic mass is 79.9. The summed E-state index contributed by atoms with van der Waals surface area (Å²) in [5.74, 6) is 2.91. The molecule has 1 fully saturated rings. The van der Waals surface area contributed by atoms with E-state index in [0.29, 0.717) is 21.5 Å². The molecule has 2 aromatic rings. The first-order valence-corrected chi connectivity index (χ1v) is 10.0. The Morgan fingerprint density at radius 2 is 1.93 bits per heavy atom. The molecule has 1 aliphatic heterocycles. The van der Waals surface area contributed by atoms with Gasteiger partial charge in [-0.2, -0.15) is 0 Å². The highest BCUT2D eigenvalue weighted by molar-refractivity contribution is 9.10. The maximum Gasteiger partial charge on any atom is 0.329 e. The van der Waals surface area contributed by atoms with E-state index in [4.69, 9.17) is 15.9 Å². The fourth-order valence-electron chi connectivity index (χ4n) is 2.73. The van der Waals surface area contributed by atoms with Crippen LogP contribution in [-0.2, 0) is 11.3 Å². The maximum absolute atomic E-state index is 12.7. The van der Waals surface area contributed by atoms with Crippen LogP contribution in [0.3, 0.4) is 0 Å². The summed E-state index contributed by atoms with van der Waals surface area (Å²) in [4.78, 5) is 26.2. The zero-order chi connectivity index (χ0) is 21.0. The van der Waals surface area contributed by atoms with Gasteiger partial charge in [0.25, 0.3) is 5.91 Å². The predicted octanol–water partition coefficient (Wildman–Crippen LogP) is 4.33. The van der Waals surface area contributed by atoms with Gasteiger partial charge in [-0.3, -0.25) is 9.69 Å². The number of hydrogen-bond acceptors (Lipinski definition) is 4. The second-order valence-corrected chi connectivity index (χ2v) is 7.80. The number of carbonyl (C=O) groups excluding carboxylic acids is 2. The zero-order valence-electron chi connectivity index (χ0n) is 15.4. The molecule has 0 aromatic heterocycles. The summed E-state index contributed by atoms with van der Waals surface area (Å²) in [6.07, 6.45) is 6.82. The van der Waals surface area contributed by atoms with Crippen molar-refractivity contribution in [3.8, 4) is 23.8 Å². The molecular formula is C21H16Br2N2O4. The van der Waals surface area contributed by atoms with Crippen molar-refractivity contribution in [1.29, 1.82) is 0 Å². The summed E-state index contributed by atoms with van der Waals surface area (Å²) in [6, 6.07) is 10.4. The second kappa shape index (κ2) is 9.16. The lowest BCUT2D eigenvalue weighted by atomic mass is 10.1. The van der Waals surface area contributed by atoms with Gasteiger partial charge >= 0.3 is 6.03 Å². The Morgan fingerprint density at radius 1 is 1.21 bits per heavy atom. The van der Waals surface area contributed by atoms with Gasteiger partial charge in [-0.15, -0.1) is 6.42 Å². The SMILES string of the molecule is C#CCOc1c(Br)cc(/C=C2\NC(=O)N(Cc3ccc(Br)cc3)C2=O)cc1OC. The smallest absolute Gasteiger partial charge is 0.329 e. The summed E-state index contributed by atoms with van der Waals surface area (Å²) in [5.41, 5.74) is 1.67. The number of benzene rings is 2. The van der Waals surface area contributed by atoms with Gasteiger partial charge in [0.1, 0.15) is 12.3 Å². The molecule has 0 radical (unpaired) electrons. The lowest BCUT2D eigenvalue weighted by Crippen LogP contribution is -2.30. The average molecular weight is 520 g/mol. The van der Waals surface area contributed by atoms with Gasteiger partial charge in [0.15, 0.2) is 11.5 Å². The second-order valence-electron chi connectivity index (χ2n) is 6.03. The lowest BCUT2D eigenvalue weighted by Gasteiger charge is -2.12. The van der Waals surface area contributed by atoms with Gasteiger partial charge in [-0.05, 0) is 57.4 Å². The number of amides is 3. The van der Waals surface area contributed by atoms with Crippen LogP contribution in [0.1, 0.15) is 11.1 Å². The number of rotatable bonds is 6. The van der Waals surface area contributed by atoms with Crippen LogP contribution in [0.15, 0.2) is 51.0 Å². The quantitative estimate of drug-likeness (QED) is 0.350. The van der Waals surface area contributed by atoms with E-state index >= 15 is 0 Å². The summed E-state index contributed by atoms with van der Waals surface area (Å²) in [5, 5.41) is 2.62. The molecule has 8 heteroatoms. The van der Waals surface area contributed by atoms with Crippen LogP contribution in [-0.4, -0.2) is 30.6 Å². The van der Waals surface area contributed by atoms with Crippen molar-refractivity contribution in [2.24, 2.45) is 0 Å². The van der Waals surface area contributed by atoms with Crippen LogP contribution in [0.5, 0.6) is 11.5 Å².